The van der Waals surface area contributed by atoms with Gasteiger partial charge >= 0.3 is 0 Å². The van der Waals surface area contributed by atoms with Crippen molar-refractivity contribution in [2.45, 2.75) is 13.0 Å². The van der Waals surface area contributed by atoms with Crippen LogP contribution in [0.25, 0.3) is 0 Å². The molecule has 0 atom stereocenters. The van der Waals surface area contributed by atoms with Crippen LogP contribution in [0.1, 0.15) is 6.42 Å². The second-order valence-corrected chi connectivity index (χ2v) is 3.74. The lowest BCUT2D eigenvalue weighted by atomic mass is 10.4. The Bertz CT molecular complexity index is 429. The van der Waals surface area contributed by atoms with Gasteiger partial charge < -0.3 is 9.88 Å². The van der Waals surface area contributed by atoms with Gasteiger partial charge in [-0.2, -0.15) is 5.10 Å². The zero-order valence-corrected chi connectivity index (χ0v) is 9.43. The van der Waals surface area contributed by atoms with E-state index in [4.69, 9.17) is 11.6 Å². The molecule has 0 aliphatic carbocycles. The molecule has 16 heavy (non-hydrogen) atoms. The van der Waals surface area contributed by atoms with Crippen LogP contribution >= 0.6 is 11.6 Å². The molecular formula is C10H12ClN5. The summed E-state index contributed by atoms with van der Waals surface area (Å²) in [6.07, 6.45) is 8.20. The molecule has 0 amide bonds. The van der Waals surface area contributed by atoms with E-state index in [1.54, 1.807) is 18.5 Å². The van der Waals surface area contributed by atoms with Crippen molar-refractivity contribution < 1.29 is 0 Å². The maximum Gasteiger partial charge on any atom is 0.153 e. The van der Waals surface area contributed by atoms with E-state index in [9.17, 15) is 0 Å². The van der Waals surface area contributed by atoms with Gasteiger partial charge in [0.1, 0.15) is 0 Å². The lowest BCUT2D eigenvalue weighted by molar-refractivity contribution is 0.660. The summed E-state index contributed by atoms with van der Waals surface area (Å²) in [5.74, 6) is 0. The molecule has 0 saturated heterocycles. The van der Waals surface area contributed by atoms with Gasteiger partial charge in [-0.25, -0.2) is 4.98 Å². The zero-order chi connectivity index (χ0) is 11.2. The van der Waals surface area contributed by atoms with Crippen LogP contribution in [0.5, 0.6) is 0 Å². The van der Waals surface area contributed by atoms with Crippen molar-refractivity contribution in [3.05, 3.63) is 36.1 Å². The van der Waals surface area contributed by atoms with E-state index in [2.05, 4.69) is 20.5 Å². The molecule has 2 heterocycles. The molecule has 5 nitrogen and oxygen atoms in total. The molecule has 0 aromatic carbocycles. The average Bonchev–Trinajstić information content (AvgIpc) is 2.77. The first-order valence-electron chi connectivity index (χ1n) is 5.02. The first-order valence-corrected chi connectivity index (χ1v) is 5.40. The Morgan fingerprint density at radius 1 is 1.44 bits per heavy atom. The zero-order valence-electron chi connectivity index (χ0n) is 8.67. The summed E-state index contributed by atoms with van der Waals surface area (Å²) in [5.41, 5.74) is 0.894. The van der Waals surface area contributed by atoms with E-state index >= 15 is 0 Å². The van der Waals surface area contributed by atoms with Crippen molar-refractivity contribution in [2.24, 2.45) is 0 Å². The Hall–Kier alpha value is -1.62. The number of aryl methyl sites for hydroxylation is 1. The van der Waals surface area contributed by atoms with Gasteiger partial charge in [-0.15, -0.1) is 5.10 Å². The fourth-order valence-electron chi connectivity index (χ4n) is 1.35. The Balaban J connectivity index is 1.72. The van der Waals surface area contributed by atoms with Crippen LogP contribution in [-0.4, -0.2) is 26.3 Å². The number of imidazole rings is 1. The second kappa shape index (κ2) is 5.46. The fourth-order valence-corrected chi connectivity index (χ4v) is 1.51. The summed E-state index contributed by atoms with van der Waals surface area (Å²) in [6.45, 7) is 1.81. The molecule has 2 rings (SSSR count). The number of halogens is 1. The predicted octanol–water partition coefficient (Wildman–Crippen LogP) is 1.83. The Morgan fingerprint density at radius 2 is 2.38 bits per heavy atom. The number of nitrogens with one attached hydrogen (secondary N) is 1. The number of nitrogens with zero attached hydrogens (tertiary/aromatic N) is 4. The number of rotatable bonds is 5. The summed E-state index contributed by atoms with van der Waals surface area (Å²) in [4.78, 5) is 3.98. The van der Waals surface area contributed by atoms with Crippen LogP contribution in [-0.2, 0) is 6.54 Å². The van der Waals surface area contributed by atoms with Gasteiger partial charge in [0.05, 0.1) is 18.2 Å². The minimum Gasteiger partial charge on any atom is -0.384 e. The Kier molecular flexibility index (Phi) is 3.71. The second-order valence-electron chi connectivity index (χ2n) is 3.35. The van der Waals surface area contributed by atoms with Gasteiger partial charge in [0.25, 0.3) is 0 Å². The molecule has 0 aliphatic rings. The molecule has 0 bridgehead atoms. The van der Waals surface area contributed by atoms with Gasteiger partial charge in [-0.05, 0) is 6.42 Å². The van der Waals surface area contributed by atoms with Crippen molar-refractivity contribution in [3.63, 3.8) is 0 Å². The number of aromatic nitrogens is 4. The third kappa shape index (κ3) is 3.20. The smallest absolute Gasteiger partial charge is 0.153 e. The first-order chi connectivity index (χ1) is 7.84. The van der Waals surface area contributed by atoms with Crippen LogP contribution < -0.4 is 5.32 Å². The van der Waals surface area contributed by atoms with E-state index in [1.807, 2.05) is 17.1 Å². The number of anilines is 1. The van der Waals surface area contributed by atoms with Crippen molar-refractivity contribution in [1.29, 1.82) is 0 Å². The molecule has 1 N–H and O–H groups in total. The molecule has 2 aromatic heterocycles. The highest BCUT2D eigenvalue weighted by Crippen LogP contribution is 2.09. The van der Waals surface area contributed by atoms with Crippen LogP contribution in [0.3, 0.4) is 0 Å². The standard InChI is InChI=1S/C10H12ClN5/c11-10-6-9(7-14-15-10)13-2-1-4-16-5-3-12-8-16/h3,5-8H,1-2,4H2,(H,13,15). The fraction of sp³-hybridized carbons (Fsp3) is 0.300. The lowest BCUT2D eigenvalue weighted by Gasteiger charge is -2.05. The predicted molar refractivity (Wildman–Crippen MR) is 62.4 cm³/mol. The van der Waals surface area contributed by atoms with Crippen LogP contribution in [0.2, 0.25) is 5.15 Å². The van der Waals surface area contributed by atoms with Crippen molar-refractivity contribution >= 4 is 17.3 Å². The number of hydrogen-bond donors (Lipinski definition) is 1. The number of hydrogen-bond acceptors (Lipinski definition) is 4. The molecule has 0 aliphatic heterocycles. The maximum atomic E-state index is 5.71. The highest BCUT2D eigenvalue weighted by Gasteiger charge is 1.95. The summed E-state index contributed by atoms with van der Waals surface area (Å²) in [6, 6.07) is 1.76. The summed E-state index contributed by atoms with van der Waals surface area (Å²) >= 11 is 5.71. The third-order valence-electron chi connectivity index (χ3n) is 2.11. The minimum atomic E-state index is 0.402. The quantitative estimate of drug-likeness (QED) is 0.807. The Labute approximate surface area is 98.5 Å². The molecule has 2 aromatic rings. The van der Waals surface area contributed by atoms with Crippen molar-refractivity contribution in [1.82, 2.24) is 19.7 Å². The van der Waals surface area contributed by atoms with E-state index < -0.39 is 0 Å². The summed E-state index contributed by atoms with van der Waals surface area (Å²) in [5, 5.41) is 11.1. The van der Waals surface area contributed by atoms with E-state index in [-0.39, 0.29) is 0 Å². The molecular weight excluding hydrogens is 226 g/mol. The SMILES string of the molecule is Clc1cc(NCCCn2ccnc2)cnn1. The lowest BCUT2D eigenvalue weighted by Crippen LogP contribution is -2.06. The largest absolute Gasteiger partial charge is 0.384 e. The molecule has 6 heteroatoms. The van der Waals surface area contributed by atoms with E-state index in [0.717, 1.165) is 25.2 Å². The van der Waals surface area contributed by atoms with E-state index in [0.29, 0.717) is 5.15 Å². The van der Waals surface area contributed by atoms with Crippen LogP contribution in [0.4, 0.5) is 5.69 Å². The van der Waals surface area contributed by atoms with Crippen molar-refractivity contribution in [2.75, 3.05) is 11.9 Å². The van der Waals surface area contributed by atoms with Gasteiger partial charge in [-0.3, -0.25) is 0 Å². The van der Waals surface area contributed by atoms with Gasteiger partial charge in [0.2, 0.25) is 0 Å². The minimum absolute atomic E-state index is 0.402. The average molecular weight is 238 g/mol. The molecule has 0 fully saturated rings. The monoisotopic (exact) mass is 237 g/mol. The van der Waals surface area contributed by atoms with Gasteiger partial charge in [0.15, 0.2) is 5.15 Å². The summed E-state index contributed by atoms with van der Waals surface area (Å²) in [7, 11) is 0. The molecule has 0 saturated carbocycles. The Morgan fingerprint density at radius 3 is 3.12 bits per heavy atom. The van der Waals surface area contributed by atoms with Crippen LogP contribution in [0.15, 0.2) is 31.0 Å². The summed E-state index contributed by atoms with van der Waals surface area (Å²) < 4.78 is 2.04. The van der Waals surface area contributed by atoms with Gasteiger partial charge in [-0.1, -0.05) is 11.6 Å². The molecule has 0 unspecified atom stereocenters. The van der Waals surface area contributed by atoms with Gasteiger partial charge in [0, 0.05) is 31.5 Å². The maximum absolute atomic E-state index is 5.71. The third-order valence-corrected chi connectivity index (χ3v) is 2.29. The highest BCUT2D eigenvalue weighted by atomic mass is 35.5. The van der Waals surface area contributed by atoms with E-state index in [1.165, 1.54) is 0 Å². The highest BCUT2D eigenvalue weighted by molar-refractivity contribution is 6.29. The molecule has 0 spiro atoms. The molecule has 0 radical (unpaired) electrons. The molecule has 84 valence electrons. The first kappa shape index (κ1) is 10.9. The topological polar surface area (TPSA) is 55.6 Å². The normalized spacial score (nSPS) is 10.3. The van der Waals surface area contributed by atoms with Crippen LogP contribution in [0, 0.1) is 0 Å². The van der Waals surface area contributed by atoms with Crippen molar-refractivity contribution in [3.8, 4) is 0 Å².